The molecule has 7 heteroatoms. The molecule has 0 aliphatic carbocycles. The summed E-state index contributed by atoms with van der Waals surface area (Å²) in [5.41, 5.74) is 8.20. The number of nitrogens with zero attached hydrogens (tertiary/aromatic N) is 2. The Bertz CT molecular complexity index is 833. The standard InChI is InChI=1S/C16H16N4O2S/c1-22-8-7-18-16-19-14(10-5-3-2-4-6-10)12-13(17)11(9-21)23-15(12)20-16/h2-6,9H,7-8,17H2,1H3,(H,18,19,20). The highest BCUT2D eigenvalue weighted by Crippen LogP contribution is 2.38. The Labute approximate surface area is 137 Å². The van der Waals surface area contributed by atoms with Crippen LogP contribution in [0.5, 0.6) is 0 Å². The van der Waals surface area contributed by atoms with E-state index in [1.54, 1.807) is 7.11 Å². The lowest BCUT2D eigenvalue weighted by atomic mass is 10.1. The fourth-order valence-corrected chi connectivity index (χ4v) is 3.18. The van der Waals surface area contributed by atoms with E-state index >= 15 is 0 Å². The van der Waals surface area contributed by atoms with E-state index in [2.05, 4.69) is 15.3 Å². The average molecular weight is 328 g/mol. The van der Waals surface area contributed by atoms with Gasteiger partial charge in [-0.1, -0.05) is 30.3 Å². The number of aromatic nitrogens is 2. The average Bonchev–Trinajstić information content (AvgIpc) is 2.91. The van der Waals surface area contributed by atoms with Crippen molar-refractivity contribution in [2.24, 2.45) is 0 Å². The summed E-state index contributed by atoms with van der Waals surface area (Å²) in [7, 11) is 1.64. The van der Waals surface area contributed by atoms with Crippen LogP contribution >= 0.6 is 11.3 Å². The number of fused-ring (bicyclic) bond motifs is 1. The number of rotatable bonds is 6. The molecule has 23 heavy (non-hydrogen) atoms. The summed E-state index contributed by atoms with van der Waals surface area (Å²) < 4.78 is 5.02. The summed E-state index contributed by atoms with van der Waals surface area (Å²) in [4.78, 5) is 21.4. The molecular formula is C16H16N4O2S. The molecular weight excluding hydrogens is 312 g/mol. The van der Waals surface area contributed by atoms with Crippen LogP contribution in [0.4, 0.5) is 11.6 Å². The molecule has 3 aromatic rings. The second-order valence-electron chi connectivity index (χ2n) is 4.86. The Morgan fingerprint density at radius 1 is 1.30 bits per heavy atom. The van der Waals surface area contributed by atoms with Crippen LogP contribution in [0, 0.1) is 0 Å². The van der Waals surface area contributed by atoms with Crippen molar-refractivity contribution in [1.82, 2.24) is 9.97 Å². The van der Waals surface area contributed by atoms with Crippen molar-refractivity contribution in [3.63, 3.8) is 0 Å². The molecule has 0 spiro atoms. The number of nitrogens with one attached hydrogen (secondary N) is 1. The van der Waals surface area contributed by atoms with Crippen LogP contribution in [-0.2, 0) is 4.74 Å². The van der Waals surface area contributed by atoms with Crippen molar-refractivity contribution in [3.8, 4) is 11.3 Å². The van der Waals surface area contributed by atoms with Crippen LogP contribution in [0.3, 0.4) is 0 Å². The lowest BCUT2D eigenvalue weighted by molar-refractivity contribution is 0.112. The monoisotopic (exact) mass is 328 g/mol. The van der Waals surface area contributed by atoms with Gasteiger partial charge in [-0.2, -0.15) is 0 Å². The zero-order valence-corrected chi connectivity index (χ0v) is 13.4. The first-order valence-corrected chi connectivity index (χ1v) is 7.89. The van der Waals surface area contributed by atoms with Crippen LogP contribution in [0.1, 0.15) is 9.67 Å². The minimum atomic E-state index is 0.433. The summed E-state index contributed by atoms with van der Waals surface area (Å²) in [6, 6.07) is 9.72. The number of ether oxygens (including phenoxy) is 1. The quantitative estimate of drug-likeness (QED) is 0.534. The maximum Gasteiger partial charge on any atom is 0.224 e. The smallest absolute Gasteiger partial charge is 0.224 e. The Morgan fingerprint density at radius 2 is 2.09 bits per heavy atom. The Balaban J connectivity index is 2.17. The van der Waals surface area contributed by atoms with Gasteiger partial charge in [-0.15, -0.1) is 11.3 Å². The molecule has 0 fully saturated rings. The van der Waals surface area contributed by atoms with Crippen LogP contribution in [0.15, 0.2) is 30.3 Å². The SMILES string of the molecule is COCCNc1nc(-c2ccccc2)c2c(N)c(C=O)sc2n1. The number of carbonyl (C=O) groups excluding carboxylic acids is 1. The molecule has 0 unspecified atom stereocenters. The zero-order valence-electron chi connectivity index (χ0n) is 12.6. The number of aldehydes is 1. The molecule has 1 aromatic carbocycles. The van der Waals surface area contributed by atoms with E-state index in [9.17, 15) is 4.79 Å². The molecule has 0 aliphatic rings. The van der Waals surface area contributed by atoms with Gasteiger partial charge in [0.2, 0.25) is 5.95 Å². The number of nitrogen functional groups attached to an aromatic ring is 1. The van der Waals surface area contributed by atoms with Gasteiger partial charge in [0.05, 0.1) is 28.3 Å². The summed E-state index contributed by atoms with van der Waals surface area (Å²) in [5.74, 6) is 0.493. The van der Waals surface area contributed by atoms with Crippen LogP contribution < -0.4 is 11.1 Å². The number of hydrogen-bond donors (Lipinski definition) is 2. The molecule has 2 heterocycles. The summed E-state index contributed by atoms with van der Waals surface area (Å²) in [6.07, 6.45) is 0.758. The maximum atomic E-state index is 11.2. The highest BCUT2D eigenvalue weighted by molar-refractivity contribution is 7.21. The fraction of sp³-hybridized carbons (Fsp3) is 0.188. The van der Waals surface area contributed by atoms with Gasteiger partial charge in [0.15, 0.2) is 6.29 Å². The predicted octanol–water partition coefficient (Wildman–Crippen LogP) is 2.81. The highest BCUT2D eigenvalue weighted by atomic mass is 32.1. The molecule has 0 bridgehead atoms. The van der Waals surface area contributed by atoms with E-state index in [0.717, 1.165) is 22.9 Å². The van der Waals surface area contributed by atoms with Crippen molar-refractivity contribution in [2.45, 2.75) is 0 Å². The lowest BCUT2D eigenvalue weighted by Crippen LogP contribution is -2.10. The van der Waals surface area contributed by atoms with Gasteiger partial charge in [0.1, 0.15) is 4.83 Å². The number of benzene rings is 1. The lowest BCUT2D eigenvalue weighted by Gasteiger charge is -2.08. The molecule has 0 aliphatic heterocycles. The van der Waals surface area contributed by atoms with Gasteiger partial charge in [-0.05, 0) is 0 Å². The van der Waals surface area contributed by atoms with E-state index < -0.39 is 0 Å². The molecule has 0 atom stereocenters. The fourth-order valence-electron chi connectivity index (χ4n) is 2.28. The third kappa shape index (κ3) is 3.01. The van der Waals surface area contributed by atoms with Crippen LogP contribution in [-0.4, -0.2) is 36.5 Å². The third-order valence-electron chi connectivity index (χ3n) is 3.36. The van der Waals surface area contributed by atoms with Crippen LogP contribution in [0.2, 0.25) is 0 Å². The molecule has 6 nitrogen and oxygen atoms in total. The van der Waals surface area contributed by atoms with Gasteiger partial charge in [-0.3, -0.25) is 4.79 Å². The minimum Gasteiger partial charge on any atom is -0.397 e. The first kappa shape index (κ1) is 15.4. The van der Waals surface area contributed by atoms with Crippen molar-refractivity contribution in [2.75, 3.05) is 31.3 Å². The largest absolute Gasteiger partial charge is 0.397 e. The van der Waals surface area contributed by atoms with Crippen molar-refractivity contribution < 1.29 is 9.53 Å². The van der Waals surface area contributed by atoms with Gasteiger partial charge in [0.25, 0.3) is 0 Å². The van der Waals surface area contributed by atoms with E-state index in [0.29, 0.717) is 34.5 Å². The molecule has 0 radical (unpaired) electrons. The Morgan fingerprint density at radius 3 is 2.78 bits per heavy atom. The van der Waals surface area contributed by atoms with Gasteiger partial charge in [0, 0.05) is 19.2 Å². The third-order valence-corrected chi connectivity index (χ3v) is 4.39. The van der Waals surface area contributed by atoms with E-state index in [4.69, 9.17) is 10.5 Å². The number of nitrogens with two attached hydrogens (primary N) is 1. The van der Waals surface area contributed by atoms with E-state index in [1.807, 2.05) is 30.3 Å². The first-order valence-electron chi connectivity index (χ1n) is 7.08. The number of anilines is 2. The normalized spacial score (nSPS) is 10.8. The van der Waals surface area contributed by atoms with Crippen molar-refractivity contribution in [1.29, 1.82) is 0 Å². The van der Waals surface area contributed by atoms with Crippen molar-refractivity contribution in [3.05, 3.63) is 35.2 Å². The van der Waals surface area contributed by atoms with Gasteiger partial charge in [-0.25, -0.2) is 9.97 Å². The number of thiophene rings is 1. The topological polar surface area (TPSA) is 90.1 Å². The molecule has 0 saturated carbocycles. The minimum absolute atomic E-state index is 0.433. The summed E-state index contributed by atoms with van der Waals surface area (Å²) >= 11 is 1.27. The molecule has 3 rings (SSSR count). The molecule has 0 amide bonds. The summed E-state index contributed by atoms with van der Waals surface area (Å²) in [5, 5.41) is 3.85. The number of methoxy groups -OCH3 is 1. The van der Waals surface area contributed by atoms with E-state index in [1.165, 1.54) is 11.3 Å². The molecule has 2 aromatic heterocycles. The number of hydrogen-bond acceptors (Lipinski definition) is 7. The van der Waals surface area contributed by atoms with Gasteiger partial charge >= 0.3 is 0 Å². The van der Waals surface area contributed by atoms with Gasteiger partial charge < -0.3 is 15.8 Å². The first-order chi connectivity index (χ1) is 11.2. The maximum absolute atomic E-state index is 11.2. The van der Waals surface area contributed by atoms with Crippen LogP contribution in [0.25, 0.3) is 21.5 Å². The molecule has 3 N–H and O–H groups in total. The molecule has 118 valence electrons. The Kier molecular flexibility index (Phi) is 4.50. The second-order valence-corrected chi connectivity index (χ2v) is 5.89. The molecule has 0 saturated heterocycles. The highest BCUT2D eigenvalue weighted by Gasteiger charge is 2.17. The Hall–Kier alpha value is -2.51. The second kappa shape index (κ2) is 6.72. The van der Waals surface area contributed by atoms with E-state index in [-0.39, 0.29) is 0 Å². The van der Waals surface area contributed by atoms with Crippen molar-refractivity contribution >= 4 is 39.5 Å². The summed E-state index contributed by atoms with van der Waals surface area (Å²) in [6.45, 7) is 1.14. The number of carbonyl (C=O) groups is 1. The predicted molar refractivity (Wildman–Crippen MR) is 93.0 cm³/mol. The zero-order chi connectivity index (χ0) is 16.2.